The van der Waals surface area contributed by atoms with E-state index in [1.807, 2.05) is 17.2 Å². The summed E-state index contributed by atoms with van der Waals surface area (Å²) in [6.45, 7) is 1.79. The van der Waals surface area contributed by atoms with Crippen molar-refractivity contribution in [2.24, 2.45) is 17.3 Å². The molecule has 3 nitrogen and oxygen atoms in total. The second-order valence-electron chi connectivity index (χ2n) is 11.5. The van der Waals surface area contributed by atoms with Crippen molar-refractivity contribution in [3.63, 3.8) is 0 Å². The Hall–Kier alpha value is -2.16. The Morgan fingerprint density at radius 3 is 2.38 bits per heavy atom. The summed E-state index contributed by atoms with van der Waals surface area (Å²) < 4.78 is 0. The van der Waals surface area contributed by atoms with Crippen molar-refractivity contribution in [1.29, 1.82) is 0 Å². The van der Waals surface area contributed by atoms with Crippen molar-refractivity contribution < 1.29 is 4.79 Å². The Balaban J connectivity index is 1.15. The number of pyridine rings is 1. The van der Waals surface area contributed by atoms with Crippen LogP contribution in [0.25, 0.3) is 0 Å². The third-order valence-corrected chi connectivity index (χ3v) is 9.19. The quantitative estimate of drug-likeness (QED) is 0.570. The van der Waals surface area contributed by atoms with Gasteiger partial charge < -0.3 is 4.90 Å². The number of piperidine rings is 1. The minimum absolute atomic E-state index is 0.162. The van der Waals surface area contributed by atoms with Crippen LogP contribution < -0.4 is 0 Å². The number of aromatic nitrogens is 1. The molecule has 4 bridgehead atoms. The Kier molecular flexibility index (Phi) is 5.12. The van der Waals surface area contributed by atoms with Gasteiger partial charge in [0.1, 0.15) is 0 Å². The zero-order valence-electron chi connectivity index (χ0n) is 19.3. The lowest BCUT2D eigenvalue weighted by atomic mass is 9.42. The molecule has 2 atom stereocenters. The van der Waals surface area contributed by atoms with Crippen LogP contribution >= 0.6 is 0 Å². The van der Waals surface area contributed by atoms with E-state index >= 15 is 0 Å². The summed E-state index contributed by atoms with van der Waals surface area (Å²) in [6.07, 6.45) is 16.1. The monoisotopic (exact) mass is 428 g/mol. The lowest BCUT2D eigenvalue weighted by Crippen LogP contribution is -2.54. The molecule has 0 N–H and O–H groups in total. The molecular weight excluding hydrogens is 392 g/mol. The Labute approximate surface area is 192 Å². The van der Waals surface area contributed by atoms with Gasteiger partial charge in [-0.15, -0.1) is 0 Å². The highest BCUT2D eigenvalue weighted by atomic mass is 16.2. The fourth-order valence-corrected chi connectivity index (χ4v) is 8.25. The minimum Gasteiger partial charge on any atom is -0.339 e. The second kappa shape index (κ2) is 8.01. The number of hydrogen-bond acceptors (Lipinski definition) is 2. The molecule has 5 fully saturated rings. The first kappa shape index (κ1) is 20.4. The highest BCUT2D eigenvalue weighted by molar-refractivity contribution is 5.93. The summed E-state index contributed by atoms with van der Waals surface area (Å²) in [5.74, 6) is 1.98. The normalized spacial score (nSPS) is 33.4. The van der Waals surface area contributed by atoms with Crippen molar-refractivity contribution >= 4 is 5.91 Å². The summed E-state index contributed by atoms with van der Waals surface area (Å²) in [5.41, 5.74) is 4.42. The van der Waals surface area contributed by atoms with E-state index in [0.717, 1.165) is 55.4 Å². The van der Waals surface area contributed by atoms with Crippen LogP contribution in [0.15, 0.2) is 48.7 Å². The molecule has 1 amide bonds. The van der Waals surface area contributed by atoms with E-state index in [4.69, 9.17) is 4.98 Å². The van der Waals surface area contributed by atoms with Crippen LogP contribution in [0.1, 0.15) is 85.8 Å². The lowest BCUT2D eigenvalue weighted by Gasteiger charge is -2.63. The summed E-state index contributed by atoms with van der Waals surface area (Å²) >= 11 is 0. The first-order valence-electron chi connectivity index (χ1n) is 12.9. The van der Waals surface area contributed by atoms with Crippen LogP contribution in [0.5, 0.6) is 0 Å². The molecule has 2 aromatic rings. The zero-order valence-corrected chi connectivity index (χ0v) is 19.3. The number of nitrogens with zero attached hydrogens (tertiary/aromatic N) is 2. The SMILES string of the molecule is O=C(c1ccc(CCC23CC4CC(C2)CC(c2ccccc2)(C4)C3)nc1)N1CCCCC1. The molecule has 0 spiro atoms. The second-order valence-corrected chi connectivity index (χ2v) is 11.5. The molecule has 5 aliphatic rings. The van der Waals surface area contributed by atoms with Crippen LogP contribution in [0.3, 0.4) is 0 Å². The van der Waals surface area contributed by atoms with Crippen molar-refractivity contribution in [1.82, 2.24) is 9.88 Å². The first-order chi connectivity index (χ1) is 15.6. The number of likely N-dealkylation sites (tertiary alicyclic amines) is 1. The van der Waals surface area contributed by atoms with Gasteiger partial charge in [-0.2, -0.15) is 0 Å². The van der Waals surface area contributed by atoms with E-state index < -0.39 is 0 Å². The number of hydrogen-bond donors (Lipinski definition) is 0. The maximum Gasteiger partial charge on any atom is 0.255 e. The Morgan fingerprint density at radius 1 is 0.938 bits per heavy atom. The molecule has 7 rings (SSSR count). The number of carbonyl (C=O) groups excluding carboxylic acids is 1. The van der Waals surface area contributed by atoms with E-state index in [1.165, 1.54) is 51.4 Å². The summed E-state index contributed by atoms with van der Waals surface area (Å²) in [7, 11) is 0. The molecule has 1 saturated heterocycles. The summed E-state index contributed by atoms with van der Waals surface area (Å²) in [5, 5.41) is 0. The Morgan fingerprint density at radius 2 is 1.69 bits per heavy atom. The maximum absolute atomic E-state index is 12.8. The molecule has 2 unspecified atom stereocenters. The van der Waals surface area contributed by atoms with Crippen molar-refractivity contribution in [2.45, 2.75) is 76.0 Å². The lowest BCUT2D eigenvalue weighted by molar-refractivity contribution is -0.0761. The van der Waals surface area contributed by atoms with Crippen LogP contribution in [0.2, 0.25) is 0 Å². The average Bonchev–Trinajstić information content (AvgIpc) is 2.83. The van der Waals surface area contributed by atoms with Gasteiger partial charge in [-0.05, 0) is 111 Å². The van der Waals surface area contributed by atoms with E-state index in [0.29, 0.717) is 10.8 Å². The van der Waals surface area contributed by atoms with E-state index in [1.54, 1.807) is 5.56 Å². The van der Waals surface area contributed by atoms with Gasteiger partial charge in [0.25, 0.3) is 5.91 Å². The summed E-state index contributed by atoms with van der Waals surface area (Å²) in [4.78, 5) is 19.5. The van der Waals surface area contributed by atoms with Crippen LogP contribution in [-0.4, -0.2) is 28.9 Å². The molecule has 1 aromatic carbocycles. The topological polar surface area (TPSA) is 33.2 Å². The van der Waals surface area contributed by atoms with Gasteiger partial charge in [-0.1, -0.05) is 30.3 Å². The van der Waals surface area contributed by atoms with Crippen LogP contribution in [0.4, 0.5) is 0 Å². The van der Waals surface area contributed by atoms with Crippen molar-refractivity contribution in [3.8, 4) is 0 Å². The minimum atomic E-state index is 0.162. The highest BCUT2D eigenvalue weighted by Gasteiger charge is 2.57. The fraction of sp³-hybridized carbons (Fsp3) is 0.586. The fourth-order valence-electron chi connectivity index (χ4n) is 8.25. The van der Waals surface area contributed by atoms with E-state index in [2.05, 4.69) is 36.4 Å². The predicted molar refractivity (Wildman–Crippen MR) is 128 cm³/mol. The van der Waals surface area contributed by atoms with Gasteiger partial charge in [-0.25, -0.2) is 0 Å². The molecule has 4 aliphatic carbocycles. The smallest absolute Gasteiger partial charge is 0.255 e. The summed E-state index contributed by atoms with van der Waals surface area (Å²) in [6, 6.07) is 15.5. The molecule has 32 heavy (non-hydrogen) atoms. The van der Waals surface area contributed by atoms with Gasteiger partial charge in [0.2, 0.25) is 0 Å². The van der Waals surface area contributed by atoms with E-state index in [9.17, 15) is 4.79 Å². The van der Waals surface area contributed by atoms with Gasteiger partial charge in [0.05, 0.1) is 5.56 Å². The molecule has 168 valence electrons. The average molecular weight is 429 g/mol. The number of amides is 1. The van der Waals surface area contributed by atoms with E-state index in [-0.39, 0.29) is 5.91 Å². The molecular formula is C29H36N2O. The van der Waals surface area contributed by atoms with Crippen LogP contribution in [-0.2, 0) is 11.8 Å². The van der Waals surface area contributed by atoms with Crippen molar-refractivity contribution in [2.75, 3.05) is 13.1 Å². The highest BCUT2D eigenvalue weighted by Crippen LogP contribution is 2.66. The Bertz CT molecular complexity index is 946. The first-order valence-corrected chi connectivity index (χ1v) is 12.9. The third kappa shape index (κ3) is 3.68. The van der Waals surface area contributed by atoms with Crippen molar-refractivity contribution in [3.05, 3.63) is 65.5 Å². The van der Waals surface area contributed by atoms with Gasteiger partial charge >= 0.3 is 0 Å². The molecule has 4 saturated carbocycles. The standard InChI is InChI=1S/C29H36N2O/c32-27(31-13-5-2-6-14-31)24-9-10-26(30-20-24)11-12-28-16-22-15-23(17-28)19-29(18-22,21-28)25-7-3-1-4-8-25/h1,3-4,7-10,20,22-23H,2,5-6,11-19,21H2. The maximum atomic E-state index is 12.8. The number of aryl methyl sites for hydroxylation is 1. The number of benzene rings is 1. The molecule has 1 aliphatic heterocycles. The zero-order chi connectivity index (χ0) is 21.6. The van der Waals surface area contributed by atoms with Gasteiger partial charge in [0.15, 0.2) is 0 Å². The molecule has 0 radical (unpaired) electrons. The third-order valence-electron chi connectivity index (χ3n) is 9.19. The van der Waals surface area contributed by atoms with Crippen LogP contribution in [0, 0.1) is 17.3 Å². The number of rotatable bonds is 5. The number of carbonyl (C=O) groups is 1. The predicted octanol–water partition coefficient (Wildman–Crippen LogP) is 6.18. The molecule has 2 heterocycles. The largest absolute Gasteiger partial charge is 0.339 e. The molecule has 3 heteroatoms. The van der Waals surface area contributed by atoms with Gasteiger partial charge in [-0.3, -0.25) is 9.78 Å². The molecule has 1 aromatic heterocycles. The van der Waals surface area contributed by atoms with Gasteiger partial charge in [0, 0.05) is 25.0 Å².